The molecule has 1 aliphatic heterocycles. The first-order chi connectivity index (χ1) is 7.24. The fourth-order valence-corrected chi connectivity index (χ4v) is 2.58. The molecule has 1 saturated heterocycles. The van der Waals surface area contributed by atoms with Crippen LogP contribution in [0.2, 0.25) is 5.02 Å². The van der Waals surface area contributed by atoms with Crippen LogP contribution >= 0.6 is 27.5 Å². The summed E-state index contributed by atoms with van der Waals surface area (Å²) in [7, 11) is 0. The molecular formula is C11H10BrClN2. The van der Waals surface area contributed by atoms with Crippen LogP contribution in [-0.4, -0.2) is 17.6 Å². The average Bonchev–Trinajstić information content (AvgIpc) is 2.48. The summed E-state index contributed by atoms with van der Waals surface area (Å²) in [5, 5.41) is 4.10. The fraction of sp³-hybridized carbons (Fsp3) is 0.364. The SMILES string of the molecule is Clc1cc(C2=C[C@@H]3CN[C@@H]3C2)cnc1Br. The van der Waals surface area contributed by atoms with E-state index < -0.39 is 0 Å². The summed E-state index contributed by atoms with van der Waals surface area (Å²) in [6, 6.07) is 2.64. The Balaban J connectivity index is 1.93. The number of nitrogens with one attached hydrogen (secondary N) is 1. The van der Waals surface area contributed by atoms with E-state index in [0.717, 1.165) is 24.4 Å². The molecule has 1 N–H and O–H groups in total. The molecule has 0 spiro atoms. The molecule has 0 bridgehead atoms. The van der Waals surface area contributed by atoms with E-state index in [4.69, 9.17) is 11.6 Å². The third kappa shape index (κ3) is 1.63. The van der Waals surface area contributed by atoms with Crippen molar-refractivity contribution in [2.45, 2.75) is 12.5 Å². The number of halogens is 2. The van der Waals surface area contributed by atoms with Crippen LogP contribution in [0.15, 0.2) is 22.9 Å². The predicted octanol–water partition coefficient (Wildman–Crippen LogP) is 2.87. The molecule has 4 heteroatoms. The van der Waals surface area contributed by atoms with Gasteiger partial charge in [-0.05, 0) is 39.6 Å². The summed E-state index contributed by atoms with van der Waals surface area (Å²) in [4.78, 5) is 4.22. The van der Waals surface area contributed by atoms with Gasteiger partial charge in [0.15, 0.2) is 0 Å². The van der Waals surface area contributed by atoms with Crippen LogP contribution in [0.25, 0.3) is 5.57 Å². The van der Waals surface area contributed by atoms with Crippen molar-refractivity contribution in [3.05, 3.63) is 33.5 Å². The maximum atomic E-state index is 6.03. The summed E-state index contributed by atoms with van der Waals surface area (Å²) >= 11 is 9.33. The van der Waals surface area contributed by atoms with Gasteiger partial charge >= 0.3 is 0 Å². The quantitative estimate of drug-likeness (QED) is 0.803. The Labute approximate surface area is 102 Å². The third-order valence-corrected chi connectivity index (χ3v) is 4.30. The molecule has 0 aromatic carbocycles. The second-order valence-electron chi connectivity index (χ2n) is 4.07. The van der Waals surface area contributed by atoms with E-state index >= 15 is 0 Å². The van der Waals surface area contributed by atoms with Crippen LogP contribution in [0, 0.1) is 5.92 Å². The number of rotatable bonds is 1. The Kier molecular flexibility index (Phi) is 2.34. The molecule has 78 valence electrons. The van der Waals surface area contributed by atoms with Gasteiger partial charge in [0.1, 0.15) is 4.60 Å². The van der Waals surface area contributed by atoms with Crippen molar-refractivity contribution in [2.24, 2.45) is 5.92 Å². The summed E-state index contributed by atoms with van der Waals surface area (Å²) in [5.74, 6) is 0.724. The largest absolute Gasteiger partial charge is 0.312 e. The minimum absolute atomic E-state index is 0.655. The lowest BCUT2D eigenvalue weighted by Crippen LogP contribution is -2.49. The first-order valence-electron chi connectivity index (χ1n) is 4.99. The minimum atomic E-state index is 0.655. The topological polar surface area (TPSA) is 24.9 Å². The summed E-state index contributed by atoms with van der Waals surface area (Å²) < 4.78 is 0.715. The van der Waals surface area contributed by atoms with Gasteiger partial charge in [0, 0.05) is 24.7 Å². The molecule has 2 nitrogen and oxygen atoms in total. The highest BCUT2D eigenvalue weighted by molar-refractivity contribution is 9.10. The first-order valence-corrected chi connectivity index (χ1v) is 6.16. The summed E-state index contributed by atoms with van der Waals surface area (Å²) in [6.07, 6.45) is 5.33. The smallest absolute Gasteiger partial charge is 0.124 e. The fourth-order valence-electron chi connectivity index (χ4n) is 2.19. The highest BCUT2D eigenvalue weighted by Gasteiger charge is 2.34. The maximum absolute atomic E-state index is 6.03. The Morgan fingerprint density at radius 3 is 2.93 bits per heavy atom. The van der Waals surface area contributed by atoms with Crippen LogP contribution in [0.1, 0.15) is 12.0 Å². The Bertz CT molecular complexity index is 444. The summed E-state index contributed by atoms with van der Waals surface area (Å²) in [6.45, 7) is 1.12. The van der Waals surface area contributed by atoms with E-state index in [0.29, 0.717) is 15.7 Å². The first kappa shape index (κ1) is 9.82. The van der Waals surface area contributed by atoms with E-state index in [1.165, 1.54) is 5.57 Å². The van der Waals surface area contributed by atoms with Crippen LogP contribution in [0.4, 0.5) is 0 Å². The van der Waals surface area contributed by atoms with Gasteiger partial charge in [-0.1, -0.05) is 17.7 Å². The molecule has 1 aromatic heterocycles. The van der Waals surface area contributed by atoms with Gasteiger partial charge in [0.25, 0.3) is 0 Å². The van der Waals surface area contributed by atoms with Crippen molar-refractivity contribution in [2.75, 3.05) is 6.54 Å². The monoisotopic (exact) mass is 284 g/mol. The molecule has 0 saturated carbocycles. The molecule has 2 atom stereocenters. The van der Waals surface area contributed by atoms with Crippen LogP contribution in [-0.2, 0) is 0 Å². The van der Waals surface area contributed by atoms with Gasteiger partial charge in [-0.25, -0.2) is 4.98 Å². The van der Waals surface area contributed by atoms with Crippen molar-refractivity contribution in [1.82, 2.24) is 10.3 Å². The molecule has 2 heterocycles. The highest BCUT2D eigenvalue weighted by Crippen LogP contribution is 2.36. The number of fused-ring (bicyclic) bond motifs is 1. The number of hydrogen-bond acceptors (Lipinski definition) is 2. The number of hydrogen-bond donors (Lipinski definition) is 1. The predicted molar refractivity (Wildman–Crippen MR) is 64.8 cm³/mol. The van der Waals surface area contributed by atoms with E-state index in [1.807, 2.05) is 12.3 Å². The second kappa shape index (κ2) is 3.58. The van der Waals surface area contributed by atoms with E-state index in [9.17, 15) is 0 Å². The zero-order valence-electron chi connectivity index (χ0n) is 8.00. The Morgan fingerprint density at radius 2 is 2.40 bits per heavy atom. The lowest BCUT2D eigenvalue weighted by atomic mass is 9.95. The molecule has 3 rings (SSSR count). The maximum Gasteiger partial charge on any atom is 0.124 e. The lowest BCUT2D eigenvalue weighted by Gasteiger charge is -2.31. The van der Waals surface area contributed by atoms with E-state index in [1.54, 1.807) is 0 Å². The molecule has 0 unspecified atom stereocenters. The highest BCUT2D eigenvalue weighted by atomic mass is 79.9. The van der Waals surface area contributed by atoms with E-state index in [2.05, 4.69) is 32.3 Å². The molecule has 1 aliphatic carbocycles. The van der Waals surface area contributed by atoms with Gasteiger partial charge in [-0.15, -0.1) is 0 Å². The van der Waals surface area contributed by atoms with Gasteiger partial charge in [0.2, 0.25) is 0 Å². The lowest BCUT2D eigenvalue weighted by molar-refractivity contribution is 0.306. The zero-order chi connectivity index (χ0) is 10.4. The van der Waals surface area contributed by atoms with Crippen molar-refractivity contribution in [3.8, 4) is 0 Å². The van der Waals surface area contributed by atoms with Gasteiger partial charge in [-0.2, -0.15) is 0 Å². The normalized spacial score (nSPS) is 28.3. The third-order valence-electron chi connectivity index (χ3n) is 3.15. The number of nitrogens with zero attached hydrogens (tertiary/aromatic N) is 1. The molecule has 1 fully saturated rings. The van der Waals surface area contributed by atoms with Crippen molar-refractivity contribution >= 4 is 33.1 Å². The molecule has 0 amide bonds. The minimum Gasteiger partial charge on any atom is -0.312 e. The number of pyridine rings is 1. The second-order valence-corrected chi connectivity index (χ2v) is 5.23. The molecule has 0 radical (unpaired) electrons. The van der Waals surface area contributed by atoms with Crippen LogP contribution in [0.3, 0.4) is 0 Å². The Hall–Kier alpha value is -0.380. The molecule has 1 aromatic rings. The van der Waals surface area contributed by atoms with Gasteiger partial charge in [-0.3, -0.25) is 0 Å². The van der Waals surface area contributed by atoms with Crippen molar-refractivity contribution in [3.63, 3.8) is 0 Å². The molecule has 2 aliphatic rings. The molecule has 15 heavy (non-hydrogen) atoms. The van der Waals surface area contributed by atoms with Crippen LogP contribution < -0.4 is 5.32 Å². The van der Waals surface area contributed by atoms with Crippen molar-refractivity contribution in [1.29, 1.82) is 0 Å². The van der Waals surface area contributed by atoms with Gasteiger partial charge < -0.3 is 5.32 Å². The standard InChI is InChI=1S/C11H10BrClN2/c12-11-9(13)2-7(4-15-11)6-1-8-5-14-10(8)3-6/h1-2,4,8,10,14H,3,5H2/t8-,10-/m1/s1. The van der Waals surface area contributed by atoms with Crippen molar-refractivity contribution < 1.29 is 0 Å². The van der Waals surface area contributed by atoms with Crippen LogP contribution in [0.5, 0.6) is 0 Å². The average molecular weight is 286 g/mol. The van der Waals surface area contributed by atoms with E-state index in [-0.39, 0.29) is 0 Å². The number of aromatic nitrogens is 1. The summed E-state index contributed by atoms with van der Waals surface area (Å²) in [5.41, 5.74) is 2.52. The molecular weight excluding hydrogens is 275 g/mol. The zero-order valence-corrected chi connectivity index (χ0v) is 10.3. The van der Waals surface area contributed by atoms with Gasteiger partial charge in [0.05, 0.1) is 5.02 Å². The Morgan fingerprint density at radius 1 is 1.53 bits per heavy atom.